The lowest BCUT2D eigenvalue weighted by Crippen LogP contribution is -2.49. The Hall–Kier alpha value is -4.45. The summed E-state index contributed by atoms with van der Waals surface area (Å²) in [5.41, 5.74) is 4.08. The van der Waals surface area contributed by atoms with Crippen molar-refractivity contribution in [2.24, 2.45) is 16.8 Å². The molecule has 288 valence electrons. The van der Waals surface area contributed by atoms with Gasteiger partial charge in [-0.05, 0) is 6.07 Å². The average molecular weight is 734 g/mol. The van der Waals surface area contributed by atoms with Crippen LogP contribution in [0.2, 0.25) is 0 Å². The first-order chi connectivity index (χ1) is 24.7. The number of carbonyl (C=O) groups is 4. The zero-order chi connectivity index (χ0) is 39.5. The van der Waals surface area contributed by atoms with E-state index >= 15 is 0 Å². The molecular formula is C36H51N3O13. The Morgan fingerprint density at radius 2 is 1.65 bits per heavy atom. The van der Waals surface area contributed by atoms with Crippen molar-refractivity contribution in [2.45, 2.75) is 84.2 Å². The highest BCUT2D eigenvalue weighted by Gasteiger charge is 2.48. The third-order valence-electron chi connectivity index (χ3n) is 8.59. The van der Waals surface area contributed by atoms with Crippen LogP contribution in [0.5, 0.6) is 17.2 Å². The van der Waals surface area contributed by atoms with Crippen LogP contribution in [-0.4, -0.2) is 112 Å². The molecule has 0 aliphatic heterocycles. The second-order valence-electron chi connectivity index (χ2n) is 11.8. The molecule has 2 aromatic carbocycles. The molecule has 16 nitrogen and oxygen atoms in total. The maximum atomic E-state index is 13.8. The van der Waals surface area contributed by atoms with E-state index in [9.17, 15) is 44.7 Å². The molecule has 52 heavy (non-hydrogen) atoms. The number of amides is 1. The van der Waals surface area contributed by atoms with Crippen LogP contribution in [0.4, 0.5) is 0 Å². The summed E-state index contributed by atoms with van der Waals surface area (Å²) < 4.78 is 16.4. The van der Waals surface area contributed by atoms with Gasteiger partial charge in [0.05, 0.1) is 74.0 Å². The van der Waals surface area contributed by atoms with Crippen molar-refractivity contribution in [1.82, 2.24) is 5.43 Å². The number of phenolic OH excluding ortho intramolecular Hbond substituents is 2. The van der Waals surface area contributed by atoms with Crippen LogP contribution < -0.4 is 15.9 Å². The number of nitrogens with one attached hydrogen (secondary N) is 1. The normalized spacial score (nSPS) is 19.3. The number of carboxylic acids is 1. The van der Waals surface area contributed by atoms with E-state index in [0.29, 0.717) is 0 Å². The first kappa shape index (κ1) is 43.7. The van der Waals surface area contributed by atoms with E-state index in [1.807, 2.05) is 27.7 Å². The van der Waals surface area contributed by atoms with E-state index in [1.54, 1.807) is 6.92 Å². The molecule has 1 amide bonds. The quantitative estimate of drug-likeness (QED) is 0.0669. The molecule has 9 N–H and O–H groups in total. The number of hydrogen-bond acceptors (Lipinski definition) is 14. The number of ether oxygens (including phenoxy) is 3. The molecule has 2 aliphatic carbocycles. The van der Waals surface area contributed by atoms with Crippen LogP contribution in [0.3, 0.4) is 0 Å². The van der Waals surface area contributed by atoms with Crippen LogP contribution in [0.15, 0.2) is 23.3 Å². The van der Waals surface area contributed by atoms with Crippen molar-refractivity contribution in [3.63, 3.8) is 0 Å². The van der Waals surface area contributed by atoms with Crippen molar-refractivity contribution < 1.29 is 64.0 Å². The summed E-state index contributed by atoms with van der Waals surface area (Å²) in [6.45, 7) is 8.58. The second kappa shape index (κ2) is 19.4. The number of aromatic hydroxyl groups is 2. The Bertz CT molecular complexity index is 1640. The number of aliphatic carboxylic acids is 1. The number of carboxylic acid groups (broad SMARTS) is 1. The predicted molar refractivity (Wildman–Crippen MR) is 189 cm³/mol. The number of methoxy groups -OCH3 is 2. The molecule has 16 heteroatoms. The number of hydrogen-bond donors (Lipinski definition) is 8. The van der Waals surface area contributed by atoms with Crippen molar-refractivity contribution in [2.75, 3.05) is 34.0 Å². The fraction of sp³-hybridized carbons (Fsp3) is 0.528. The van der Waals surface area contributed by atoms with Crippen LogP contribution in [0, 0.1) is 5.92 Å². The molecule has 2 aromatic rings. The molecule has 0 saturated heterocycles. The zero-order valence-electron chi connectivity index (χ0n) is 30.6. The lowest BCUT2D eigenvalue weighted by atomic mass is 9.71. The smallest absolute Gasteiger partial charge is 0.303 e. The molecule has 4 rings (SSSR count). The van der Waals surface area contributed by atoms with Crippen molar-refractivity contribution in [1.29, 1.82) is 0 Å². The number of ketones is 2. The summed E-state index contributed by atoms with van der Waals surface area (Å²) in [7, 11) is 2.76. The van der Waals surface area contributed by atoms with Gasteiger partial charge in [0.25, 0.3) is 0 Å². The second-order valence-corrected chi connectivity index (χ2v) is 11.8. The van der Waals surface area contributed by atoms with Gasteiger partial charge >= 0.3 is 5.97 Å². The van der Waals surface area contributed by atoms with Gasteiger partial charge in [-0.1, -0.05) is 46.8 Å². The Labute approximate surface area is 302 Å². The number of phenols is 2. The molecule has 0 radical (unpaired) electrons. The maximum Gasteiger partial charge on any atom is 0.303 e. The lowest BCUT2D eigenvalue weighted by Gasteiger charge is -2.40. The SMILES string of the molecule is CC.CC.COCC(C)C(O)C(N)CO[C@H]1C[C@](O)(/C(CO)=N\NC(=O)CCC(=O)O)Cc2c(O)c3c(c(O)c21)C(=O)c1c(OC)cccc1C3=O. The van der Waals surface area contributed by atoms with Crippen LogP contribution >= 0.6 is 0 Å². The van der Waals surface area contributed by atoms with Gasteiger partial charge < -0.3 is 50.6 Å². The van der Waals surface area contributed by atoms with Gasteiger partial charge in [0.2, 0.25) is 11.7 Å². The Morgan fingerprint density at radius 3 is 2.23 bits per heavy atom. The molecule has 0 bridgehead atoms. The number of fused-ring (bicyclic) bond motifs is 3. The van der Waals surface area contributed by atoms with Crippen LogP contribution in [-0.2, 0) is 25.5 Å². The summed E-state index contributed by atoms with van der Waals surface area (Å²) in [5.74, 6) is -5.46. The van der Waals surface area contributed by atoms with Crippen LogP contribution in [0.1, 0.15) is 103 Å². The minimum absolute atomic E-state index is 0.0645. The fourth-order valence-electron chi connectivity index (χ4n) is 6.08. The van der Waals surface area contributed by atoms with Gasteiger partial charge in [0, 0.05) is 49.0 Å². The first-order valence-corrected chi connectivity index (χ1v) is 17.0. The number of aliphatic hydroxyl groups is 3. The number of carbonyl (C=O) groups excluding carboxylic acids is 3. The van der Waals surface area contributed by atoms with E-state index in [2.05, 4.69) is 10.5 Å². The highest BCUT2D eigenvalue weighted by Crippen LogP contribution is 2.52. The molecule has 3 unspecified atom stereocenters. The predicted octanol–water partition coefficient (Wildman–Crippen LogP) is 1.97. The van der Waals surface area contributed by atoms with Crippen LogP contribution in [0.25, 0.3) is 0 Å². The molecule has 2 aliphatic rings. The molecule has 0 aromatic heterocycles. The highest BCUT2D eigenvalue weighted by atomic mass is 16.5. The number of nitrogens with zero attached hydrogens (tertiary/aromatic N) is 1. The lowest BCUT2D eigenvalue weighted by molar-refractivity contribution is -0.138. The topological polar surface area (TPSA) is 268 Å². The Morgan fingerprint density at radius 1 is 1.02 bits per heavy atom. The van der Waals surface area contributed by atoms with Gasteiger partial charge in [0.15, 0.2) is 5.78 Å². The highest BCUT2D eigenvalue weighted by molar-refractivity contribution is 6.31. The van der Waals surface area contributed by atoms with Gasteiger partial charge in [-0.15, -0.1) is 0 Å². The Balaban J connectivity index is 0.00000226. The number of rotatable bonds is 14. The number of aliphatic hydroxyl groups excluding tert-OH is 2. The van der Waals surface area contributed by atoms with Crippen molar-refractivity contribution in [3.8, 4) is 17.2 Å². The van der Waals surface area contributed by atoms with E-state index in [0.717, 1.165) is 0 Å². The summed E-state index contributed by atoms with van der Waals surface area (Å²) in [6, 6.07) is 3.29. The first-order valence-electron chi connectivity index (χ1n) is 17.0. The summed E-state index contributed by atoms with van der Waals surface area (Å²) in [5, 5.41) is 68.7. The monoisotopic (exact) mass is 733 g/mol. The number of benzene rings is 2. The summed E-state index contributed by atoms with van der Waals surface area (Å²) in [6.07, 6.45) is -4.50. The Kier molecular flexibility index (Phi) is 16.3. The minimum atomic E-state index is -2.19. The molecule has 0 fully saturated rings. The summed E-state index contributed by atoms with van der Waals surface area (Å²) in [4.78, 5) is 50.6. The molecule has 0 saturated carbocycles. The third kappa shape index (κ3) is 9.12. The fourth-order valence-corrected chi connectivity index (χ4v) is 6.08. The van der Waals surface area contributed by atoms with E-state index in [1.165, 1.54) is 32.4 Å². The molecule has 0 spiro atoms. The molecule has 5 atom stereocenters. The van der Waals surface area contributed by atoms with E-state index < -0.39 is 114 Å². The van der Waals surface area contributed by atoms with Gasteiger partial charge in [-0.2, -0.15) is 5.10 Å². The third-order valence-corrected chi connectivity index (χ3v) is 8.59. The standard InChI is InChI=1S/C32H39N3O13.2C2H6/c1-14(12-46-2)27(40)17(33)13-48-19-10-32(45,20(11-36)34-35-21(37)7-8-22(38)39)9-16-24(19)31(44)26-25(29(16)42)28(41)15-5-4-6-18(47-3)23(15)30(26)43;2*1-2/h4-6,14,17,19,27,36,40,42,44-45H,7-13,33H2,1-3H3,(H,35,37)(H,38,39);2*1-2H3/b34-20-;;/t14?,17?,19-,27?,32-;;/m0../s1. The molecule has 0 heterocycles. The van der Waals surface area contributed by atoms with Gasteiger partial charge in [-0.25, -0.2) is 5.43 Å². The largest absolute Gasteiger partial charge is 0.507 e. The number of hydrazone groups is 1. The van der Waals surface area contributed by atoms with E-state index in [4.69, 9.17) is 25.1 Å². The minimum Gasteiger partial charge on any atom is -0.507 e. The van der Waals surface area contributed by atoms with Crippen molar-refractivity contribution in [3.05, 3.63) is 51.6 Å². The van der Waals surface area contributed by atoms with Gasteiger partial charge in [-0.3, -0.25) is 19.2 Å². The molecular weight excluding hydrogens is 682 g/mol. The zero-order valence-corrected chi connectivity index (χ0v) is 30.6. The average Bonchev–Trinajstić information content (AvgIpc) is 3.14. The van der Waals surface area contributed by atoms with Gasteiger partial charge in [0.1, 0.15) is 22.8 Å². The summed E-state index contributed by atoms with van der Waals surface area (Å²) >= 11 is 0. The maximum absolute atomic E-state index is 13.8. The van der Waals surface area contributed by atoms with Crippen molar-refractivity contribution >= 4 is 29.2 Å². The van der Waals surface area contributed by atoms with E-state index in [-0.39, 0.29) is 41.2 Å². The number of nitrogens with two attached hydrogens (primary N) is 1.